The largest absolute Gasteiger partial charge is 0.472 e. The van der Waals surface area contributed by atoms with Gasteiger partial charge in [0.1, 0.15) is 6.10 Å². The third-order valence-corrected chi connectivity index (χ3v) is 1.96. The summed E-state index contributed by atoms with van der Waals surface area (Å²) in [7, 11) is 0. The Morgan fingerprint density at radius 2 is 2.33 bits per heavy atom. The molecular formula is C8H9ClN2O. The van der Waals surface area contributed by atoms with Crippen molar-refractivity contribution in [3.63, 3.8) is 0 Å². The molecule has 3 nitrogen and oxygen atoms in total. The summed E-state index contributed by atoms with van der Waals surface area (Å²) >= 11 is 5.67. The Morgan fingerprint density at radius 1 is 1.50 bits per heavy atom. The van der Waals surface area contributed by atoms with Crippen LogP contribution in [0.15, 0.2) is 18.3 Å². The second-order valence-electron chi connectivity index (χ2n) is 2.71. The molecular weight excluding hydrogens is 176 g/mol. The number of halogens is 1. The zero-order valence-electron chi connectivity index (χ0n) is 6.46. The van der Waals surface area contributed by atoms with E-state index in [0.29, 0.717) is 10.9 Å². The van der Waals surface area contributed by atoms with Crippen LogP contribution in [0.3, 0.4) is 0 Å². The third kappa shape index (κ3) is 1.68. The van der Waals surface area contributed by atoms with E-state index >= 15 is 0 Å². The first-order valence-corrected chi connectivity index (χ1v) is 4.21. The van der Waals surface area contributed by atoms with Crippen LogP contribution >= 0.6 is 11.6 Å². The summed E-state index contributed by atoms with van der Waals surface area (Å²) in [6.45, 7) is 1.81. The van der Waals surface area contributed by atoms with Crippen LogP contribution in [0.25, 0.3) is 0 Å². The number of ether oxygens (including phenoxy) is 1. The Hall–Kier alpha value is -0.800. The fourth-order valence-corrected chi connectivity index (χ4v) is 1.06. The van der Waals surface area contributed by atoms with Crippen LogP contribution in [0.1, 0.15) is 0 Å². The van der Waals surface area contributed by atoms with Gasteiger partial charge >= 0.3 is 0 Å². The van der Waals surface area contributed by atoms with Crippen LogP contribution in [0.4, 0.5) is 0 Å². The van der Waals surface area contributed by atoms with Gasteiger partial charge in [-0.3, -0.25) is 0 Å². The van der Waals surface area contributed by atoms with Crippen molar-refractivity contribution < 1.29 is 4.74 Å². The molecule has 0 saturated carbocycles. The maximum Gasteiger partial charge on any atom is 0.213 e. The average molecular weight is 185 g/mol. The third-order valence-electron chi connectivity index (χ3n) is 1.73. The smallest absolute Gasteiger partial charge is 0.213 e. The molecule has 1 saturated heterocycles. The molecule has 0 aliphatic carbocycles. The van der Waals surface area contributed by atoms with Crippen molar-refractivity contribution in [2.24, 2.45) is 0 Å². The molecule has 0 aromatic carbocycles. The van der Waals surface area contributed by atoms with Gasteiger partial charge in [-0.05, 0) is 6.07 Å². The first-order chi connectivity index (χ1) is 5.84. The summed E-state index contributed by atoms with van der Waals surface area (Å²) in [6, 6.07) is 3.55. The van der Waals surface area contributed by atoms with Gasteiger partial charge in [-0.2, -0.15) is 0 Å². The number of nitrogens with one attached hydrogen (secondary N) is 1. The van der Waals surface area contributed by atoms with Crippen molar-refractivity contribution in [3.8, 4) is 5.88 Å². The standard InChI is InChI=1S/C8H9ClN2O/c9-6-1-2-8(11-3-6)12-7-4-10-5-7/h1-3,7,10H,4-5H2. The number of hydrogen-bond donors (Lipinski definition) is 1. The van der Waals surface area contributed by atoms with Crippen molar-refractivity contribution in [1.82, 2.24) is 10.3 Å². The second kappa shape index (κ2) is 3.29. The highest BCUT2D eigenvalue weighted by Crippen LogP contribution is 2.13. The van der Waals surface area contributed by atoms with Crippen molar-refractivity contribution >= 4 is 11.6 Å². The van der Waals surface area contributed by atoms with Gasteiger partial charge in [0.15, 0.2) is 0 Å². The highest BCUT2D eigenvalue weighted by molar-refractivity contribution is 6.30. The lowest BCUT2D eigenvalue weighted by Gasteiger charge is -2.27. The van der Waals surface area contributed by atoms with Gasteiger partial charge in [-0.15, -0.1) is 0 Å². The molecule has 12 heavy (non-hydrogen) atoms. The average Bonchev–Trinajstić information content (AvgIpc) is 2.00. The quantitative estimate of drug-likeness (QED) is 0.747. The molecule has 0 unspecified atom stereocenters. The summed E-state index contributed by atoms with van der Waals surface area (Å²) in [6.07, 6.45) is 1.86. The van der Waals surface area contributed by atoms with E-state index in [9.17, 15) is 0 Å². The summed E-state index contributed by atoms with van der Waals surface area (Å²) in [5.41, 5.74) is 0. The van der Waals surface area contributed by atoms with Gasteiger partial charge < -0.3 is 10.1 Å². The molecule has 0 amide bonds. The van der Waals surface area contributed by atoms with E-state index in [0.717, 1.165) is 13.1 Å². The van der Waals surface area contributed by atoms with Crippen LogP contribution in [0.2, 0.25) is 5.02 Å². The maximum absolute atomic E-state index is 5.67. The monoisotopic (exact) mass is 184 g/mol. The fourth-order valence-electron chi connectivity index (χ4n) is 0.948. The summed E-state index contributed by atoms with van der Waals surface area (Å²) < 4.78 is 5.47. The number of aromatic nitrogens is 1. The Labute approximate surface area is 75.7 Å². The second-order valence-corrected chi connectivity index (χ2v) is 3.15. The number of pyridine rings is 1. The molecule has 1 aromatic heterocycles. The van der Waals surface area contributed by atoms with E-state index in [4.69, 9.17) is 16.3 Å². The molecule has 64 valence electrons. The SMILES string of the molecule is Clc1ccc(OC2CNC2)nc1. The van der Waals surface area contributed by atoms with E-state index < -0.39 is 0 Å². The normalized spacial score (nSPS) is 17.1. The highest BCUT2D eigenvalue weighted by atomic mass is 35.5. The molecule has 1 N–H and O–H groups in total. The van der Waals surface area contributed by atoms with Gasteiger partial charge in [-0.25, -0.2) is 4.98 Å². The number of nitrogens with zero attached hydrogens (tertiary/aromatic N) is 1. The predicted molar refractivity (Wildman–Crippen MR) is 46.5 cm³/mol. The Balaban J connectivity index is 1.98. The van der Waals surface area contributed by atoms with Crippen LogP contribution in [0, 0.1) is 0 Å². The van der Waals surface area contributed by atoms with Crippen LogP contribution in [-0.4, -0.2) is 24.2 Å². The first-order valence-electron chi connectivity index (χ1n) is 3.83. The van der Waals surface area contributed by atoms with E-state index in [-0.39, 0.29) is 6.10 Å². The first kappa shape index (κ1) is 7.83. The van der Waals surface area contributed by atoms with Gasteiger partial charge in [0.25, 0.3) is 0 Å². The topological polar surface area (TPSA) is 34.1 Å². The molecule has 0 spiro atoms. The lowest BCUT2D eigenvalue weighted by molar-refractivity contribution is 0.136. The highest BCUT2D eigenvalue weighted by Gasteiger charge is 2.18. The molecule has 4 heteroatoms. The van der Waals surface area contributed by atoms with Crippen LogP contribution in [-0.2, 0) is 0 Å². The van der Waals surface area contributed by atoms with Crippen molar-refractivity contribution in [3.05, 3.63) is 23.4 Å². The van der Waals surface area contributed by atoms with Gasteiger partial charge in [-0.1, -0.05) is 11.6 Å². The molecule has 2 rings (SSSR count). The van der Waals surface area contributed by atoms with Crippen LogP contribution < -0.4 is 10.1 Å². The molecule has 1 fully saturated rings. The predicted octanol–water partition coefficient (Wildman–Crippen LogP) is 1.09. The maximum atomic E-state index is 5.67. The number of hydrogen-bond acceptors (Lipinski definition) is 3. The minimum absolute atomic E-state index is 0.277. The summed E-state index contributed by atoms with van der Waals surface area (Å²) in [4.78, 5) is 4.02. The molecule has 1 aliphatic heterocycles. The van der Waals surface area contributed by atoms with Gasteiger partial charge in [0, 0.05) is 25.4 Å². The minimum Gasteiger partial charge on any atom is -0.472 e. The van der Waals surface area contributed by atoms with E-state index in [1.165, 1.54) is 0 Å². The van der Waals surface area contributed by atoms with Gasteiger partial charge in [0.2, 0.25) is 5.88 Å². The molecule has 0 radical (unpaired) electrons. The van der Waals surface area contributed by atoms with E-state index in [2.05, 4.69) is 10.3 Å². The minimum atomic E-state index is 0.277. The lowest BCUT2D eigenvalue weighted by atomic mass is 10.2. The molecule has 1 aliphatic rings. The number of rotatable bonds is 2. The summed E-state index contributed by atoms with van der Waals surface area (Å²) in [5.74, 6) is 0.644. The Bertz CT molecular complexity index is 258. The van der Waals surface area contributed by atoms with Crippen molar-refractivity contribution in [1.29, 1.82) is 0 Å². The Kier molecular flexibility index (Phi) is 2.15. The van der Waals surface area contributed by atoms with Crippen molar-refractivity contribution in [2.75, 3.05) is 13.1 Å². The zero-order valence-corrected chi connectivity index (χ0v) is 7.21. The molecule has 0 bridgehead atoms. The lowest BCUT2D eigenvalue weighted by Crippen LogP contribution is -2.50. The fraction of sp³-hybridized carbons (Fsp3) is 0.375. The molecule has 0 atom stereocenters. The van der Waals surface area contributed by atoms with Crippen LogP contribution in [0.5, 0.6) is 5.88 Å². The van der Waals surface area contributed by atoms with Gasteiger partial charge in [0.05, 0.1) is 5.02 Å². The van der Waals surface area contributed by atoms with E-state index in [1.54, 1.807) is 18.3 Å². The van der Waals surface area contributed by atoms with E-state index in [1.807, 2.05) is 0 Å². The Morgan fingerprint density at radius 3 is 2.83 bits per heavy atom. The summed E-state index contributed by atoms with van der Waals surface area (Å²) in [5, 5.41) is 3.75. The zero-order chi connectivity index (χ0) is 8.39. The van der Waals surface area contributed by atoms with Crippen molar-refractivity contribution in [2.45, 2.75) is 6.10 Å². The molecule has 2 heterocycles. The molecule has 1 aromatic rings.